The molecule has 9 heteroatoms. The minimum absolute atomic E-state index is 0.105. The molecule has 2 bridgehead atoms. The standard InChI is InChI=1S/C24H27N7O2/c1-14-6-21(27-15(2)26-14)28-22-8-18-7-17(4-5-31(18)29-22)23-19(12-25-30(23)3)33-13-20(32)24-9-16(10-24)11-24/h4-8,12,16,20,32H,9-11,13H2,1-3H3,(H,26,27,28,29)/t16?,20-,24?/m1/s1. The number of ether oxygens (including phenoxy) is 1. The molecule has 33 heavy (non-hydrogen) atoms. The number of pyridine rings is 1. The lowest BCUT2D eigenvalue weighted by molar-refractivity contribution is -0.190. The van der Waals surface area contributed by atoms with Gasteiger partial charge >= 0.3 is 0 Å². The number of rotatable bonds is 7. The molecule has 4 heterocycles. The molecule has 0 aromatic carbocycles. The normalized spacial score (nSPS) is 22.0. The Hall–Kier alpha value is -3.46. The highest BCUT2D eigenvalue weighted by molar-refractivity contribution is 5.72. The molecule has 0 spiro atoms. The highest BCUT2D eigenvalue weighted by Crippen LogP contribution is 2.66. The zero-order valence-corrected chi connectivity index (χ0v) is 19.0. The van der Waals surface area contributed by atoms with Gasteiger partial charge in [-0.25, -0.2) is 14.5 Å². The number of fused-ring (bicyclic) bond motifs is 1. The van der Waals surface area contributed by atoms with E-state index in [-0.39, 0.29) is 5.41 Å². The molecule has 3 aliphatic rings. The molecule has 9 nitrogen and oxygen atoms in total. The van der Waals surface area contributed by atoms with E-state index in [9.17, 15) is 5.11 Å². The molecule has 0 unspecified atom stereocenters. The van der Waals surface area contributed by atoms with Crippen LogP contribution >= 0.6 is 0 Å². The van der Waals surface area contributed by atoms with Gasteiger partial charge in [-0.3, -0.25) is 4.68 Å². The van der Waals surface area contributed by atoms with E-state index in [1.807, 2.05) is 49.8 Å². The van der Waals surface area contributed by atoms with Crippen LogP contribution in [0.25, 0.3) is 16.8 Å². The van der Waals surface area contributed by atoms with E-state index in [1.165, 1.54) is 0 Å². The summed E-state index contributed by atoms with van der Waals surface area (Å²) in [6.07, 6.45) is 6.63. The fourth-order valence-corrected chi connectivity index (χ4v) is 5.27. The van der Waals surface area contributed by atoms with Gasteiger partial charge in [0.05, 0.1) is 17.8 Å². The lowest BCUT2D eigenvalue weighted by Gasteiger charge is -2.63. The number of anilines is 2. The lowest BCUT2D eigenvalue weighted by atomic mass is 9.42. The second kappa shape index (κ2) is 7.28. The van der Waals surface area contributed by atoms with E-state index in [1.54, 1.807) is 10.9 Å². The van der Waals surface area contributed by atoms with Crippen LogP contribution in [0.1, 0.15) is 30.8 Å². The lowest BCUT2D eigenvalue weighted by Crippen LogP contribution is -2.60. The van der Waals surface area contributed by atoms with Crippen LogP contribution in [0.4, 0.5) is 11.6 Å². The molecule has 0 aliphatic heterocycles. The van der Waals surface area contributed by atoms with Crippen molar-refractivity contribution < 1.29 is 9.84 Å². The van der Waals surface area contributed by atoms with Crippen LogP contribution in [-0.4, -0.2) is 47.2 Å². The number of aryl methyl sites for hydroxylation is 3. The molecule has 0 radical (unpaired) electrons. The van der Waals surface area contributed by atoms with E-state index in [0.717, 1.165) is 47.6 Å². The third kappa shape index (κ3) is 3.43. The molecule has 4 aromatic heterocycles. The molecular weight excluding hydrogens is 418 g/mol. The molecule has 3 aliphatic carbocycles. The second-order valence-electron chi connectivity index (χ2n) is 9.53. The monoisotopic (exact) mass is 445 g/mol. The molecular formula is C24H27N7O2. The molecule has 3 saturated carbocycles. The third-order valence-electron chi connectivity index (χ3n) is 7.05. The molecule has 3 fully saturated rings. The summed E-state index contributed by atoms with van der Waals surface area (Å²) in [6.45, 7) is 4.11. The SMILES string of the molecule is Cc1cc(Nc2cc3cc(-c4c(OC[C@@H](O)C56CC(C5)C6)cnn4C)ccn3n2)nc(C)n1. The highest BCUT2D eigenvalue weighted by Gasteiger charge is 2.60. The van der Waals surface area contributed by atoms with Crippen LogP contribution in [0, 0.1) is 25.2 Å². The van der Waals surface area contributed by atoms with Crippen molar-refractivity contribution in [1.29, 1.82) is 0 Å². The third-order valence-corrected chi connectivity index (χ3v) is 7.05. The summed E-state index contributed by atoms with van der Waals surface area (Å²) in [6, 6.07) is 7.91. The maximum atomic E-state index is 10.6. The average Bonchev–Trinajstić information content (AvgIpc) is 3.24. The number of aliphatic hydroxyl groups excluding tert-OH is 1. The zero-order valence-electron chi connectivity index (χ0n) is 19.0. The number of nitrogens with zero attached hydrogens (tertiary/aromatic N) is 6. The van der Waals surface area contributed by atoms with Gasteiger partial charge in [-0.1, -0.05) is 0 Å². The summed E-state index contributed by atoms with van der Waals surface area (Å²) < 4.78 is 9.67. The first-order chi connectivity index (χ1) is 15.9. The highest BCUT2D eigenvalue weighted by atomic mass is 16.5. The summed E-state index contributed by atoms with van der Waals surface area (Å²) in [4.78, 5) is 8.74. The van der Waals surface area contributed by atoms with E-state index < -0.39 is 6.10 Å². The van der Waals surface area contributed by atoms with Gasteiger partial charge in [-0.15, -0.1) is 0 Å². The van der Waals surface area contributed by atoms with Crippen molar-refractivity contribution in [1.82, 2.24) is 29.4 Å². The van der Waals surface area contributed by atoms with E-state index in [2.05, 4.69) is 31.5 Å². The Morgan fingerprint density at radius 2 is 2.00 bits per heavy atom. The molecule has 7 rings (SSSR count). The maximum Gasteiger partial charge on any atom is 0.165 e. The Morgan fingerprint density at radius 1 is 1.18 bits per heavy atom. The minimum Gasteiger partial charge on any atom is -0.487 e. The fraction of sp³-hybridized carbons (Fsp3) is 0.417. The van der Waals surface area contributed by atoms with Gasteiger partial charge in [-0.05, 0) is 51.2 Å². The summed E-state index contributed by atoms with van der Waals surface area (Å²) >= 11 is 0. The molecule has 2 N–H and O–H groups in total. The van der Waals surface area contributed by atoms with Crippen LogP contribution in [0.5, 0.6) is 5.75 Å². The quantitative estimate of drug-likeness (QED) is 0.449. The largest absolute Gasteiger partial charge is 0.487 e. The Balaban J connectivity index is 1.24. The summed E-state index contributed by atoms with van der Waals surface area (Å²) in [5.41, 5.74) is 3.78. The van der Waals surface area contributed by atoms with E-state index in [4.69, 9.17) is 4.74 Å². The Kier molecular flexibility index (Phi) is 4.45. The number of nitrogens with one attached hydrogen (secondary N) is 1. The zero-order chi connectivity index (χ0) is 22.7. The van der Waals surface area contributed by atoms with E-state index >= 15 is 0 Å². The molecule has 4 aromatic rings. The predicted molar refractivity (Wildman–Crippen MR) is 123 cm³/mol. The van der Waals surface area contributed by atoms with Gasteiger partial charge in [0.15, 0.2) is 11.6 Å². The van der Waals surface area contributed by atoms with Crippen LogP contribution < -0.4 is 10.1 Å². The fourth-order valence-electron chi connectivity index (χ4n) is 5.27. The van der Waals surface area contributed by atoms with Crippen molar-refractivity contribution >= 4 is 17.2 Å². The number of hydrogen-bond acceptors (Lipinski definition) is 7. The molecule has 1 atom stereocenters. The first-order valence-corrected chi connectivity index (χ1v) is 11.3. The Morgan fingerprint density at radius 3 is 2.73 bits per heavy atom. The van der Waals surface area contributed by atoms with Crippen molar-refractivity contribution in [2.75, 3.05) is 11.9 Å². The summed E-state index contributed by atoms with van der Waals surface area (Å²) in [5.74, 6) is 3.64. The first-order valence-electron chi connectivity index (χ1n) is 11.3. The topological polar surface area (TPSA) is 102 Å². The van der Waals surface area contributed by atoms with Gasteiger partial charge in [0.2, 0.25) is 0 Å². The van der Waals surface area contributed by atoms with Gasteiger partial charge < -0.3 is 15.2 Å². The number of aromatic nitrogens is 6. The van der Waals surface area contributed by atoms with Crippen molar-refractivity contribution in [3.8, 4) is 17.0 Å². The Labute approximate surface area is 191 Å². The van der Waals surface area contributed by atoms with Crippen molar-refractivity contribution in [3.63, 3.8) is 0 Å². The van der Waals surface area contributed by atoms with Crippen molar-refractivity contribution in [3.05, 3.63) is 48.2 Å². The van der Waals surface area contributed by atoms with Gasteiger partial charge in [-0.2, -0.15) is 10.2 Å². The summed E-state index contributed by atoms with van der Waals surface area (Å²) in [7, 11) is 1.90. The van der Waals surface area contributed by atoms with Crippen molar-refractivity contribution in [2.45, 2.75) is 39.2 Å². The molecule has 170 valence electrons. The van der Waals surface area contributed by atoms with Crippen LogP contribution in [-0.2, 0) is 7.05 Å². The van der Waals surface area contributed by atoms with Crippen LogP contribution in [0.3, 0.4) is 0 Å². The van der Waals surface area contributed by atoms with Crippen molar-refractivity contribution in [2.24, 2.45) is 18.4 Å². The van der Waals surface area contributed by atoms with Gasteiger partial charge in [0, 0.05) is 42.0 Å². The smallest absolute Gasteiger partial charge is 0.165 e. The van der Waals surface area contributed by atoms with Gasteiger partial charge in [0.25, 0.3) is 0 Å². The number of hydrogen-bond donors (Lipinski definition) is 2. The first kappa shape index (κ1) is 20.2. The maximum absolute atomic E-state index is 10.6. The van der Waals surface area contributed by atoms with Crippen LogP contribution in [0.15, 0.2) is 36.7 Å². The van der Waals surface area contributed by atoms with E-state index in [0.29, 0.717) is 29.8 Å². The number of aliphatic hydroxyl groups is 1. The van der Waals surface area contributed by atoms with Crippen LogP contribution in [0.2, 0.25) is 0 Å². The second-order valence-corrected chi connectivity index (χ2v) is 9.53. The van der Waals surface area contributed by atoms with Gasteiger partial charge in [0.1, 0.15) is 23.9 Å². The Bertz CT molecular complexity index is 1320. The average molecular weight is 446 g/mol. The summed E-state index contributed by atoms with van der Waals surface area (Å²) in [5, 5.41) is 22.9. The molecule has 0 saturated heterocycles. The minimum atomic E-state index is -0.421. The predicted octanol–water partition coefficient (Wildman–Crippen LogP) is 3.43. The molecule has 0 amide bonds.